The number of carboxylic acids is 3. The molecular formula is C20H26F6N4O7. The molecule has 0 saturated carbocycles. The van der Waals surface area contributed by atoms with Crippen LogP contribution >= 0.6 is 0 Å². The number of aliphatic carboxylic acids is 3. The number of aryl methyl sites for hydroxylation is 1. The zero-order valence-electron chi connectivity index (χ0n) is 19.7. The summed E-state index contributed by atoms with van der Waals surface area (Å²) in [6.07, 6.45) is -8.29. The summed E-state index contributed by atoms with van der Waals surface area (Å²) < 4.78 is 65.3. The Labute approximate surface area is 206 Å². The molecule has 0 bridgehead atoms. The number of aromatic nitrogens is 1. The van der Waals surface area contributed by atoms with Gasteiger partial charge in [0, 0.05) is 58.6 Å². The summed E-state index contributed by atoms with van der Waals surface area (Å²) >= 11 is 0. The van der Waals surface area contributed by atoms with Crippen LogP contribution in [0.5, 0.6) is 0 Å². The number of hydrogen-bond acceptors (Lipinski definition) is 6. The molecule has 17 heteroatoms. The van der Waals surface area contributed by atoms with Crippen molar-refractivity contribution in [1.82, 2.24) is 19.3 Å². The fourth-order valence-electron chi connectivity index (χ4n) is 3.64. The van der Waals surface area contributed by atoms with Crippen LogP contribution in [-0.4, -0.2) is 123 Å². The fraction of sp³-hybridized carbons (Fsp3) is 0.600. The zero-order valence-corrected chi connectivity index (χ0v) is 19.7. The van der Waals surface area contributed by atoms with Crippen molar-refractivity contribution in [2.24, 2.45) is 13.0 Å². The van der Waals surface area contributed by atoms with E-state index in [0.29, 0.717) is 31.9 Å². The molecule has 1 amide bonds. The summed E-state index contributed by atoms with van der Waals surface area (Å²) in [5.74, 6) is -6.56. The maximum Gasteiger partial charge on any atom is 0.490 e. The van der Waals surface area contributed by atoms with Crippen molar-refractivity contribution in [3.8, 4) is 0 Å². The average molecular weight is 548 g/mol. The minimum atomic E-state index is -5.08. The van der Waals surface area contributed by atoms with E-state index in [1.165, 1.54) is 0 Å². The first-order valence-electron chi connectivity index (χ1n) is 10.5. The normalized spacial score (nSPS) is 20.8. The van der Waals surface area contributed by atoms with Crippen LogP contribution in [0, 0.1) is 5.92 Å². The summed E-state index contributed by atoms with van der Waals surface area (Å²) in [7, 11) is 3.83. The molecule has 2 aliphatic heterocycles. The first-order valence-corrected chi connectivity index (χ1v) is 10.5. The van der Waals surface area contributed by atoms with Gasteiger partial charge in [0.2, 0.25) is 0 Å². The number of hydrogen-bond donors (Lipinski definition) is 3. The number of carbonyl (C=O) groups is 4. The highest BCUT2D eigenvalue weighted by molar-refractivity contribution is 5.92. The molecule has 3 heterocycles. The number of nitrogens with zero attached hydrogens (tertiary/aromatic N) is 4. The second kappa shape index (κ2) is 12.8. The van der Waals surface area contributed by atoms with Crippen LogP contribution in [0.2, 0.25) is 0 Å². The highest BCUT2D eigenvalue weighted by Gasteiger charge is 2.39. The lowest BCUT2D eigenvalue weighted by molar-refractivity contribution is -0.193. The molecular weight excluding hydrogens is 522 g/mol. The highest BCUT2D eigenvalue weighted by Crippen LogP contribution is 2.20. The Bertz CT molecular complexity index is 942. The predicted molar refractivity (Wildman–Crippen MR) is 113 cm³/mol. The number of alkyl halides is 6. The fourth-order valence-corrected chi connectivity index (χ4v) is 3.64. The predicted octanol–water partition coefficient (Wildman–Crippen LogP) is 1.06. The van der Waals surface area contributed by atoms with E-state index in [1.54, 1.807) is 0 Å². The second-order valence-electron chi connectivity index (χ2n) is 8.27. The first kappa shape index (κ1) is 31.7. The molecule has 210 valence electrons. The van der Waals surface area contributed by atoms with E-state index in [9.17, 15) is 41.0 Å². The van der Waals surface area contributed by atoms with Gasteiger partial charge in [0.25, 0.3) is 5.91 Å². The molecule has 3 rings (SSSR count). The maximum atomic E-state index is 12.7. The van der Waals surface area contributed by atoms with Crippen LogP contribution in [0.1, 0.15) is 10.5 Å². The Morgan fingerprint density at radius 1 is 0.838 bits per heavy atom. The lowest BCUT2D eigenvalue weighted by Gasteiger charge is -2.41. The van der Waals surface area contributed by atoms with Crippen LogP contribution < -0.4 is 0 Å². The van der Waals surface area contributed by atoms with Crippen LogP contribution in [0.3, 0.4) is 0 Å². The van der Waals surface area contributed by atoms with Crippen LogP contribution in [0.4, 0.5) is 26.3 Å². The van der Waals surface area contributed by atoms with Gasteiger partial charge in [-0.1, -0.05) is 0 Å². The van der Waals surface area contributed by atoms with Crippen LogP contribution in [0.15, 0.2) is 18.3 Å². The Balaban J connectivity index is 0.000000404. The van der Waals surface area contributed by atoms with Gasteiger partial charge < -0.3 is 29.7 Å². The number of likely N-dealkylation sites (N-methyl/N-ethyl adjacent to an activating group) is 1. The number of halogens is 6. The van der Waals surface area contributed by atoms with Crippen molar-refractivity contribution < 1.29 is 60.8 Å². The molecule has 0 spiro atoms. The van der Waals surface area contributed by atoms with Crippen LogP contribution in [-0.2, 0) is 21.4 Å². The standard InChI is InChI=1S/C16H24N4O3.2C2HF3O2/c1-17-8-12(16(22)23)9-19-6-7-20(11-13(19)10-17)15(21)14-4-3-5-18(14)2;2*3-2(4,5)1(6)7/h3-5,12-13H,6-11H2,1-2H3,(H,22,23);2*(H,6,7). The van der Waals surface area contributed by atoms with Crippen molar-refractivity contribution in [3.05, 3.63) is 24.0 Å². The average Bonchev–Trinajstić information content (AvgIpc) is 3.10. The molecule has 0 aliphatic carbocycles. The summed E-state index contributed by atoms with van der Waals surface area (Å²) in [5.41, 5.74) is 0.698. The Kier molecular flexibility index (Phi) is 10.9. The third kappa shape index (κ3) is 9.91. The van der Waals surface area contributed by atoms with Crippen LogP contribution in [0.25, 0.3) is 0 Å². The molecule has 2 atom stereocenters. The van der Waals surface area contributed by atoms with E-state index in [0.717, 1.165) is 13.1 Å². The van der Waals surface area contributed by atoms with E-state index < -0.39 is 30.3 Å². The molecule has 2 aliphatic rings. The van der Waals surface area contributed by atoms with Gasteiger partial charge in [0.15, 0.2) is 0 Å². The van der Waals surface area contributed by atoms with Gasteiger partial charge >= 0.3 is 30.3 Å². The number of fused-ring (bicyclic) bond motifs is 1. The van der Waals surface area contributed by atoms with E-state index in [1.807, 2.05) is 41.9 Å². The molecule has 0 radical (unpaired) electrons. The van der Waals surface area contributed by atoms with Crippen molar-refractivity contribution >= 4 is 23.8 Å². The van der Waals surface area contributed by atoms with E-state index in [2.05, 4.69) is 9.80 Å². The molecule has 2 saturated heterocycles. The molecule has 2 fully saturated rings. The third-order valence-electron chi connectivity index (χ3n) is 5.40. The number of piperazine rings is 1. The SMILES string of the molecule is CN1CC(C(=O)O)CN2CCN(C(=O)c3cccn3C)CC2C1.O=C(O)C(F)(F)F.O=C(O)C(F)(F)F. The summed E-state index contributed by atoms with van der Waals surface area (Å²) in [6.45, 7) is 3.96. The second-order valence-corrected chi connectivity index (χ2v) is 8.27. The largest absolute Gasteiger partial charge is 0.490 e. The quantitative estimate of drug-likeness (QED) is 0.463. The van der Waals surface area contributed by atoms with Gasteiger partial charge in [-0.15, -0.1) is 0 Å². The van der Waals surface area contributed by atoms with E-state index in [-0.39, 0.29) is 17.9 Å². The Morgan fingerprint density at radius 3 is 1.76 bits per heavy atom. The zero-order chi connectivity index (χ0) is 28.7. The summed E-state index contributed by atoms with van der Waals surface area (Å²) in [6, 6.07) is 3.91. The third-order valence-corrected chi connectivity index (χ3v) is 5.40. The van der Waals surface area contributed by atoms with E-state index in [4.69, 9.17) is 19.8 Å². The number of carbonyl (C=O) groups excluding carboxylic acids is 1. The van der Waals surface area contributed by atoms with Crippen molar-refractivity contribution in [2.75, 3.05) is 46.3 Å². The molecule has 11 nitrogen and oxygen atoms in total. The Morgan fingerprint density at radius 2 is 1.35 bits per heavy atom. The molecule has 2 unspecified atom stereocenters. The van der Waals surface area contributed by atoms with Crippen molar-refractivity contribution in [1.29, 1.82) is 0 Å². The Hall–Kier alpha value is -3.34. The summed E-state index contributed by atoms with van der Waals surface area (Å²) in [4.78, 5) is 48.0. The maximum absolute atomic E-state index is 12.7. The van der Waals surface area contributed by atoms with Gasteiger partial charge in [0.05, 0.1) is 5.92 Å². The van der Waals surface area contributed by atoms with Crippen molar-refractivity contribution in [2.45, 2.75) is 18.4 Å². The minimum Gasteiger partial charge on any atom is -0.481 e. The minimum absolute atomic E-state index is 0.0545. The first-order chi connectivity index (χ1) is 16.8. The van der Waals surface area contributed by atoms with Gasteiger partial charge in [-0.05, 0) is 19.2 Å². The highest BCUT2D eigenvalue weighted by atomic mass is 19.4. The monoisotopic (exact) mass is 548 g/mol. The molecule has 37 heavy (non-hydrogen) atoms. The van der Waals surface area contributed by atoms with Gasteiger partial charge in [-0.25, -0.2) is 9.59 Å². The molecule has 1 aromatic rings. The van der Waals surface area contributed by atoms with Gasteiger partial charge in [-0.2, -0.15) is 26.3 Å². The number of carboxylic acid groups (broad SMARTS) is 3. The van der Waals surface area contributed by atoms with Gasteiger partial charge in [-0.3, -0.25) is 14.5 Å². The lowest BCUT2D eigenvalue weighted by Crippen LogP contribution is -2.57. The summed E-state index contributed by atoms with van der Waals surface area (Å²) in [5, 5.41) is 23.6. The van der Waals surface area contributed by atoms with Crippen molar-refractivity contribution in [3.63, 3.8) is 0 Å². The molecule has 3 N–H and O–H groups in total. The van der Waals surface area contributed by atoms with E-state index >= 15 is 0 Å². The smallest absolute Gasteiger partial charge is 0.481 e. The van der Waals surface area contributed by atoms with Gasteiger partial charge in [0.1, 0.15) is 5.69 Å². The lowest BCUT2D eigenvalue weighted by atomic mass is 10.1. The number of amides is 1. The number of rotatable bonds is 2. The topological polar surface area (TPSA) is 144 Å². The molecule has 0 aromatic carbocycles. The molecule has 1 aromatic heterocycles.